The number of hydrogen-bond donors (Lipinski definition) is 1. The molecule has 1 aliphatic carbocycles. The molecular formula is C19H27ClN4. The van der Waals surface area contributed by atoms with E-state index < -0.39 is 0 Å². The van der Waals surface area contributed by atoms with E-state index in [0.29, 0.717) is 12.0 Å². The minimum absolute atomic E-state index is 0. The number of hydrogen-bond acceptors (Lipinski definition) is 3. The largest absolute Gasteiger partial charge is 0.327 e. The third-order valence-electron chi connectivity index (χ3n) is 5.66. The zero-order chi connectivity index (χ0) is 16.0. The van der Waals surface area contributed by atoms with Crippen LogP contribution >= 0.6 is 12.4 Å². The highest BCUT2D eigenvalue weighted by molar-refractivity contribution is 5.85. The molecule has 2 fully saturated rings. The van der Waals surface area contributed by atoms with Gasteiger partial charge in [0.25, 0.3) is 0 Å². The number of nitrogens with two attached hydrogens (primary N) is 1. The summed E-state index contributed by atoms with van der Waals surface area (Å²) in [5.74, 6) is 1.53. The third-order valence-corrected chi connectivity index (χ3v) is 5.66. The van der Waals surface area contributed by atoms with Gasteiger partial charge in [-0.05, 0) is 42.7 Å². The maximum Gasteiger partial charge on any atom is 0.0568 e. The van der Waals surface area contributed by atoms with E-state index in [4.69, 9.17) is 5.73 Å². The Morgan fingerprint density at radius 3 is 2.79 bits per heavy atom. The molecule has 130 valence electrons. The Labute approximate surface area is 150 Å². The minimum atomic E-state index is 0. The van der Waals surface area contributed by atoms with Gasteiger partial charge in [-0.2, -0.15) is 5.10 Å². The molecule has 3 atom stereocenters. The van der Waals surface area contributed by atoms with Crippen LogP contribution < -0.4 is 5.73 Å². The van der Waals surface area contributed by atoms with Crippen molar-refractivity contribution in [1.82, 2.24) is 14.7 Å². The average molecular weight is 347 g/mol. The first-order valence-corrected chi connectivity index (χ1v) is 8.66. The van der Waals surface area contributed by atoms with Crippen LogP contribution in [0.1, 0.15) is 24.0 Å². The van der Waals surface area contributed by atoms with Gasteiger partial charge in [-0.3, -0.25) is 9.58 Å². The molecule has 2 aromatic rings. The molecule has 0 spiro atoms. The maximum atomic E-state index is 6.28. The van der Waals surface area contributed by atoms with Crippen LogP contribution in [-0.2, 0) is 13.6 Å². The molecule has 1 aromatic heterocycles. The van der Waals surface area contributed by atoms with E-state index in [1.165, 1.54) is 41.6 Å². The quantitative estimate of drug-likeness (QED) is 0.929. The molecule has 1 saturated carbocycles. The first-order valence-electron chi connectivity index (χ1n) is 8.66. The van der Waals surface area contributed by atoms with Gasteiger partial charge in [-0.1, -0.05) is 23.8 Å². The molecule has 4 nitrogen and oxygen atoms in total. The Balaban J connectivity index is 0.00000169. The fourth-order valence-electron chi connectivity index (χ4n) is 4.43. The number of aryl methyl sites for hydroxylation is 2. The molecule has 4 rings (SSSR count). The Hall–Kier alpha value is -1.36. The van der Waals surface area contributed by atoms with Crippen LogP contribution in [0.3, 0.4) is 0 Å². The van der Waals surface area contributed by atoms with Crippen molar-refractivity contribution < 1.29 is 0 Å². The van der Waals surface area contributed by atoms with E-state index >= 15 is 0 Å². The predicted molar refractivity (Wildman–Crippen MR) is 100 cm³/mol. The van der Waals surface area contributed by atoms with Gasteiger partial charge in [-0.15, -0.1) is 12.4 Å². The van der Waals surface area contributed by atoms with Gasteiger partial charge >= 0.3 is 0 Å². The van der Waals surface area contributed by atoms with E-state index in [0.717, 1.165) is 19.0 Å². The van der Waals surface area contributed by atoms with Gasteiger partial charge in [-0.25, -0.2) is 0 Å². The lowest BCUT2D eigenvalue weighted by atomic mass is 9.98. The number of fused-ring (bicyclic) bond motifs is 1. The molecule has 2 N–H and O–H groups in total. The van der Waals surface area contributed by atoms with Gasteiger partial charge in [0.2, 0.25) is 0 Å². The molecule has 2 heterocycles. The summed E-state index contributed by atoms with van der Waals surface area (Å²) in [6.45, 7) is 5.54. The summed E-state index contributed by atoms with van der Waals surface area (Å²) in [5.41, 5.74) is 11.5. The van der Waals surface area contributed by atoms with Crippen LogP contribution in [0.25, 0.3) is 11.1 Å². The lowest BCUT2D eigenvalue weighted by Crippen LogP contribution is -2.30. The van der Waals surface area contributed by atoms with E-state index in [-0.39, 0.29) is 12.4 Å². The number of rotatable bonds is 3. The smallest absolute Gasteiger partial charge is 0.0568 e. The molecule has 24 heavy (non-hydrogen) atoms. The van der Waals surface area contributed by atoms with Crippen molar-refractivity contribution in [1.29, 1.82) is 0 Å². The SMILES string of the molecule is Cc1ccc(CN2CC3CCC(N)C3C2)c(-c2cnn(C)c2)c1.Cl. The fraction of sp³-hybridized carbons (Fsp3) is 0.526. The van der Waals surface area contributed by atoms with E-state index in [1.54, 1.807) is 0 Å². The molecule has 5 heteroatoms. The molecule has 1 aliphatic heterocycles. The second-order valence-corrected chi connectivity index (χ2v) is 7.42. The summed E-state index contributed by atoms with van der Waals surface area (Å²) in [5, 5.41) is 4.34. The Morgan fingerprint density at radius 1 is 1.25 bits per heavy atom. The lowest BCUT2D eigenvalue weighted by molar-refractivity contribution is 0.298. The van der Waals surface area contributed by atoms with Crippen molar-refractivity contribution in [2.24, 2.45) is 24.6 Å². The van der Waals surface area contributed by atoms with Crippen molar-refractivity contribution in [3.8, 4) is 11.1 Å². The summed E-state index contributed by atoms with van der Waals surface area (Å²) in [6.07, 6.45) is 6.60. The van der Waals surface area contributed by atoms with Crippen molar-refractivity contribution in [2.45, 2.75) is 32.4 Å². The second kappa shape index (κ2) is 6.87. The van der Waals surface area contributed by atoms with Gasteiger partial charge < -0.3 is 5.73 Å². The molecule has 0 bridgehead atoms. The average Bonchev–Trinajstić information content (AvgIpc) is 3.20. The first-order chi connectivity index (χ1) is 11.1. The van der Waals surface area contributed by atoms with Crippen LogP contribution in [0.2, 0.25) is 0 Å². The zero-order valence-electron chi connectivity index (χ0n) is 14.5. The second-order valence-electron chi connectivity index (χ2n) is 7.42. The number of benzene rings is 1. The predicted octanol–water partition coefficient (Wildman–Crippen LogP) is 2.99. The Kier molecular flexibility index (Phi) is 5.00. The van der Waals surface area contributed by atoms with Gasteiger partial charge in [0.1, 0.15) is 0 Å². The summed E-state index contributed by atoms with van der Waals surface area (Å²) >= 11 is 0. The number of nitrogens with zero attached hydrogens (tertiary/aromatic N) is 3. The van der Waals surface area contributed by atoms with Gasteiger partial charge in [0, 0.05) is 44.5 Å². The zero-order valence-corrected chi connectivity index (χ0v) is 15.3. The summed E-state index contributed by atoms with van der Waals surface area (Å²) < 4.78 is 1.88. The number of likely N-dealkylation sites (tertiary alicyclic amines) is 1. The van der Waals surface area contributed by atoms with Crippen LogP contribution in [0.15, 0.2) is 30.6 Å². The molecular weight excluding hydrogens is 320 g/mol. The Bertz CT molecular complexity index is 711. The van der Waals surface area contributed by atoms with Crippen molar-refractivity contribution in [2.75, 3.05) is 13.1 Å². The van der Waals surface area contributed by atoms with Crippen molar-refractivity contribution in [3.63, 3.8) is 0 Å². The molecule has 3 unspecified atom stereocenters. The van der Waals surface area contributed by atoms with E-state index in [9.17, 15) is 0 Å². The first kappa shape index (κ1) is 17.5. The maximum absolute atomic E-state index is 6.28. The van der Waals surface area contributed by atoms with Gasteiger partial charge in [0.05, 0.1) is 6.20 Å². The Morgan fingerprint density at radius 2 is 2.08 bits per heavy atom. The van der Waals surface area contributed by atoms with Crippen LogP contribution in [-0.4, -0.2) is 33.8 Å². The van der Waals surface area contributed by atoms with Crippen molar-refractivity contribution in [3.05, 3.63) is 41.7 Å². The highest BCUT2D eigenvalue weighted by atomic mass is 35.5. The highest BCUT2D eigenvalue weighted by Crippen LogP contribution is 2.38. The van der Waals surface area contributed by atoms with Crippen LogP contribution in [0.4, 0.5) is 0 Å². The van der Waals surface area contributed by atoms with Crippen LogP contribution in [0.5, 0.6) is 0 Å². The van der Waals surface area contributed by atoms with E-state index in [1.807, 2.05) is 17.9 Å². The normalized spacial score (nSPS) is 26.4. The van der Waals surface area contributed by atoms with Gasteiger partial charge in [0.15, 0.2) is 0 Å². The van der Waals surface area contributed by atoms with E-state index in [2.05, 4.69) is 41.3 Å². The highest BCUT2D eigenvalue weighted by Gasteiger charge is 2.40. The molecule has 0 amide bonds. The van der Waals surface area contributed by atoms with Crippen molar-refractivity contribution >= 4 is 12.4 Å². The third kappa shape index (κ3) is 3.23. The fourth-order valence-corrected chi connectivity index (χ4v) is 4.43. The number of halogens is 1. The monoisotopic (exact) mass is 346 g/mol. The molecule has 2 aliphatic rings. The minimum Gasteiger partial charge on any atom is -0.327 e. The standard InChI is InChI=1S/C19H26N4.ClH/c1-13-3-4-14(17(7-13)16-8-21-22(2)9-16)10-23-11-15-5-6-19(20)18(15)12-23;/h3-4,7-9,15,18-19H,5-6,10-12,20H2,1-2H3;1H. The summed E-state index contributed by atoms with van der Waals surface area (Å²) in [4.78, 5) is 2.60. The van der Waals surface area contributed by atoms with Crippen LogP contribution in [0, 0.1) is 18.8 Å². The topological polar surface area (TPSA) is 47.1 Å². The lowest BCUT2D eigenvalue weighted by Gasteiger charge is -2.20. The molecule has 1 aromatic carbocycles. The molecule has 0 radical (unpaired) electrons. The molecule has 1 saturated heterocycles. The summed E-state index contributed by atoms with van der Waals surface area (Å²) in [7, 11) is 1.97. The summed E-state index contributed by atoms with van der Waals surface area (Å²) in [6, 6.07) is 7.21. The number of aromatic nitrogens is 2.